The number of aryl methyl sites for hydroxylation is 2. The van der Waals surface area contributed by atoms with Crippen molar-refractivity contribution in [3.05, 3.63) is 53.6 Å². The topological polar surface area (TPSA) is 70.7 Å². The molecule has 26 heavy (non-hydrogen) atoms. The van der Waals surface area contributed by atoms with E-state index < -0.39 is 12.1 Å². The van der Waals surface area contributed by atoms with Gasteiger partial charge in [-0.3, -0.25) is 4.79 Å². The van der Waals surface area contributed by atoms with E-state index in [-0.39, 0.29) is 5.91 Å². The molecule has 136 valence electrons. The van der Waals surface area contributed by atoms with Crippen LogP contribution in [0.2, 0.25) is 0 Å². The summed E-state index contributed by atoms with van der Waals surface area (Å²) in [6, 6.07) is 12.1. The number of methoxy groups -OCH3 is 1. The molecule has 3 amide bonds. The molecule has 1 saturated heterocycles. The third-order valence-electron chi connectivity index (χ3n) is 4.66. The fraction of sp³-hybridized carbons (Fsp3) is 0.300. The van der Waals surface area contributed by atoms with Gasteiger partial charge in [0.15, 0.2) is 0 Å². The Labute approximate surface area is 153 Å². The zero-order valence-electron chi connectivity index (χ0n) is 15.2. The molecule has 0 aromatic heterocycles. The van der Waals surface area contributed by atoms with Crippen LogP contribution in [-0.2, 0) is 4.79 Å². The minimum absolute atomic E-state index is 0.0851. The van der Waals surface area contributed by atoms with Crippen LogP contribution in [0, 0.1) is 13.8 Å². The number of carbonyl (C=O) groups excluding carboxylic acids is 2. The summed E-state index contributed by atoms with van der Waals surface area (Å²) in [6.45, 7) is 4.66. The lowest BCUT2D eigenvalue weighted by atomic mass is 10.1. The van der Waals surface area contributed by atoms with Crippen molar-refractivity contribution in [2.24, 2.45) is 0 Å². The molecule has 0 saturated carbocycles. The molecular formula is C20H23N3O3. The van der Waals surface area contributed by atoms with Crippen molar-refractivity contribution >= 4 is 23.3 Å². The number of hydrogen-bond acceptors (Lipinski definition) is 3. The number of carbonyl (C=O) groups is 2. The summed E-state index contributed by atoms with van der Waals surface area (Å²) in [5, 5.41) is 5.49. The summed E-state index contributed by atoms with van der Waals surface area (Å²) in [5.41, 5.74) is 3.84. The third kappa shape index (κ3) is 3.79. The van der Waals surface area contributed by atoms with Gasteiger partial charge < -0.3 is 20.3 Å². The molecule has 0 unspecified atom stereocenters. The zero-order chi connectivity index (χ0) is 18.7. The smallest absolute Gasteiger partial charge is 0.319 e. The normalized spacial score (nSPS) is 16.5. The largest absolute Gasteiger partial charge is 0.497 e. The van der Waals surface area contributed by atoms with E-state index in [2.05, 4.69) is 10.6 Å². The van der Waals surface area contributed by atoms with Crippen molar-refractivity contribution in [2.75, 3.05) is 23.9 Å². The van der Waals surface area contributed by atoms with Crippen molar-refractivity contribution in [3.63, 3.8) is 0 Å². The number of nitrogens with zero attached hydrogens (tertiary/aromatic N) is 1. The lowest BCUT2D eigenvalue weighted by Crippen LogP contribution is -2.43. The van der Waals surface area contributed by atoms with Gasteiger partial charge in [0.25, 0.3) is 0 Å². The Balaban J connectivity index is 1.60. The first-order valence-electron chi connectivity index (χ1n) is 8.58. The highest BCUT2D eigenvalue weighted by Crippen LogP contribution is 2.24. The molecule has 2 aromatic carbocycles. The van der Waals surface area contributed by atoms with Gasteiger partial charge in [0, 0.05) is 17.9 Å². The Hall–Kier alpha value is -3.02. The molecule has 0 bridgehead atoms. The average Bonchev–Trinajstić information content (AvgIpc) is 2.98. The quantitative estimate of drug-likeness (QED) is 0.886. The van der Waals surface area contributed by atoms with Crippen LogP contribution < -0.4 is 20.3 Å². The van der Waals surface area contributed by atoms with E-state index in [0.717, 1.165) is 11.3 Å². The van der Waals surface area contributed by atoms with Crippen LogP contribution >= 0.6 is 0 Å². The Kier molecular flexibility index (Phi) is 5.11. The SMILES string of the molecule is COc1ccc(NC(=O)N[C@@H]2CCN(c3ccc(C)c(C)c3)C2=O)cc1. The van der Waals surface area contributed by atoms with Gasteiger partial charge in [-0.2, -0.15) is 0 Å². The van der Waals surface area contributed by atoms with E-state index in [9.17, 15) is 9.59 Å². The van der Waals surface area contributed by atoms with Gasteiger partial charge in [-0.1, -0.05) is 6.07 Å². The Morgan fingerprint density at radius 1 is 1.12 bits per heavy atom. The Morgan fingerprint density at radius 3 is 2.50 bits per heavy atom. The van der Waals surface area contributed by atoms with Gasteiger partial charge in [-0.25, -0.2) is 4.79 Å². The van der Waals surface area contributed by atoms with E-state index in [1.165, 1.54) is 5.56 Å². The second kappa shape index (κ2) is 7.47. The molecule has 1 aliphatic rings. The molecule has 3 rings (SSSR count). The van der Waals surface area contributed by atoms with Crippen molar-refractivity contribution in [3.8, 4) is 5.75 Å². The fourth-order valence-corrected chi connectivity index (χ4v) is 2.96. The first kappa shape index (κ1) is 17.8. The maximum Gasteiger partial charge on any atom is 0.319 e. The molecule has 1 aliphatic heterocycles. The van der Waals surface area contributed by atoms with Gasteiger partial charge >= 0.3 is 6.03 Å². The van der Waals surface area contributed by atoms with Crippen molar-refractivity contribution in [1.82, 2.24) is 5.32 Å². The predicted octanol–water partition coefficient (Wildman–Crippen LogP) is 3.24. The van der Waals surface area contributed by atoms with Crippen LogP contribution in [0.4, 0.5) is 16.2 Å². The molecule has 6 heteroatoms. The van der Waals surface area contributed by atoms with Gasteiger partial charge in [-0.15, -0.1) is 0 Å². The van der Waals surface area contributed by atoms with E-state index in [4.69, 9.17) is 4.74 Å². The third-order valence-corrected chi connectivity index (χ3v) is 4.66. The van der Waals surface area contributed by atoms with Gasteiger partial charge in [0.2, 0.25) is 5.91 Å². The summed E-state index contributed by atoms with van der Waals surface area (Å²) >= 11 is 0. The minimum atomic E-state index is -0.519. The van der Waals surface area contributed by atoms with E-state index in [1.54, 1.807) is 36.3 Å². The number of urea groups is 1. The van der Waals surface area contributed by atoms with E-state index in [0.29, 0.717) is 24.4 Å². The average molecular weight is 353 g/mol. The molecule has 6 nitrogen and oxygen atoms in total. The lowest BCUT2D eigenvalue weighted by Gasteiger charge is -2.18. The highest BCUT2D eigenvalue weighted by Gasteiger charge is 2.33. The number of nitrogens with one attached hydrogen (secondary N) is 2. The number of hydrogen-bond donors (Lipinski definition) is 2. The maximum absolute atomic E-state index is 12.6. The first-order valence-corrected chi connectivity index (χ1v) is 8.58. The number of anilines is 2. The molecule has 0 spiro atoms. The summed E-state index contributed by atoms with van der Waals surface area (Å²) < 4.78 is 5.09. The standard InChI is InChI=1S/C20H23N3O3/c1-13-4-7-16(12-14(13)2)23-11-10-18(19(23)24)22-20(25)21-15-5-8-17(26-3)9-6-15/h4-9,12,18H,10-11H2,1-3H3,(H2,21,22,25)/t18-/m1/s1. The highest BCUT2D eigenvalue weighted by atomic mass is 16.5. The monoisotopic (exact) mass is 353 g/mol. The van der Waals surface area contributed by atoms with Crippen LogP contribution in [0.3, 0.4) is 0 Å². The number of benzene rings is 2. The van der Waals surface area contributed by atoms with Crippen LogP contribution in [0.1, 0.15) is 17.5 Å². The molecular weight excluding hydrogens is 330 g/mol. The van der Waals surface area contributed by atoms with Crippen molar-refractivity contribution in [1.29, 1.82) is 0 Å². The van der Waals surface area contributed by atoms with Crippen LogP contribution in [0.5, 0.6) is 5.75 Å². The fourth-order valence-electron chi connectivity index (χ4n) is 2.96. The van der Waals surface area contributed by atoms with E-state index >= 15 is 0 Å². The van der Waals surface area contributed by atoms with Gasteiger partial charge in [-0.05, 0) is 67.8 Å². The summed E-state index contributed by atoms with van der Waals surface area (Å²) in [5.74, 6) is 0.629. The first-order chi connectivity index (χ1) is 12.5. The maximum atomic E-state index is 12.6. The predicted molar refractivity (Wildman–Crippen MR) is 102 cm³/mol. The van der Waals surface area contributed by atoms with E-state index in [1.807, 2.05) is 32.0 Å². The van der Waals surface area contributed by atoms with Crippen molar-refractivity contribution in [2.45, 2.75) is 26.3 Å². The second-order valence-corrected chi connectivity index (χ2v) is 6.43. The Bertz CT molecular complexity index is 818. The molecule has 0 radical (unpaired) electrons. The van der Waals surface area contributed by atoms with Gasteiger partial charge in [0.05, 0.1) is 7.11 Å². The highest BCUT2D eigenvalue weighted by molar-refractivity contribution is 6.02. The van der Waals surface area contributed by atoms with Gasteiger partial charge in [0.1, 0.15) is 11.8 Å². The lowest BCUT2D eigenvalue weighted by molar-refractivity contribution is -0.118. The van der Waals surface area contributed by atoms with Crippen LogP contribution in [0.25, 0.3) is 0 Å². The Morgan fingerprint density at radius 2 is 1.85 bits per heavy atom. The minimum Gasteiger partial charge on any atom is -0.497 e. The second-order valence-electron chi connectivity index (χ2n) is 6.43. The number of rotatable bonds is 4. The van der Waals surface area contributed by atoms with Crippen LogP contribution in [0.15, 0.2) is 42.5 Å². The molecule has 2 N–H and O–H groups in total. The molecule has 0 aliphatic carbocycles. The number of amides is 3. The molecule has 2 aromatic rings. The summed E-state index contributed by atoms with van der Waals surface area (Å²) in [4.78, 5) is 26.6. The summed E-state index contributed by atoms with van der Waals surface area (Å²) in [7, 11) is 1.59. The summed E-state index contributed by atoms with van der Waals surface area (Å²) in [6.07, 6.45) is 0.585. The van der Waals surface area contributed by atoms with Crippen LogP contribution in [-0.4, -0.2) is 31.6 Å². The number of ether oxygens (including phenoxy) is 1. The molecule has 1 fully saturated rings. The molecule has 1 heterocycles. The van der Waals surface area contributed by atoms with Crippen molar-refractivity contribution < 1.29 is 14.3 Å². The molecule has 1 atom stereocenters. The zero-order valence-corrected chi connectivity index (χ0v) is 15.2.